The van der Waals surface area contributed by atoms with Crippen molar-refractivity contribution < 1.29 is 28.5 Å². The second-order valence-corrected chi connectivity index (χ2v) is 9.82. The number of carbonyl (C=O) groups is 2. The predicted molar refractivity (Wildman–Crippen MR) is 134 cm³/mol. The molecule has 8 heteroatoms. The number of hydrogen-bond donors (Lipinski definition) is 1. The third-order valence-corrected chi connectivity index (χ3v) is 7.68. The van der Waals surface area contributed by atoms with Gasteiger partial charge in [0.2, 0.25) is 0 Å². The number of fused-ring (bicyclic) bond motifs is 2. The van der Waals surface area contributed by atoms with Crippen LogP contribution in [0.15, 0.2) is 53.9 Å². The van der Waals surface area contributed by atoms with E-state index in [4.69, 9.17) is 18.9 Å². The van der Waals surface area contributed by atoms with Gasteiger partial charge in [0.05, 0.1) is 32.5 Å². The van der Waals surface area contributed by atoms with E-state index in [0.717, 1.165) is 24.9 Å². The molecule has 3 aliphatic rings. The molecule has 0 amide bonds. The van der Waals surface area contributed by atoms with Crippen LogP contribution in [0, 0.1) is 17.8 Å². The monoisotopic (exact) mass is 494 g/mol. The lowest BCUT2D eigenvalue weighted by atomic mass is 9.67. The summed E-state index contributed by atoms with van der Waals surface area (Å²) in [4.78, 5) is 31.6. The Kier molecular flexibility index (Phi) is 6.90. The Labute approximate surface area is 211 Å². The van der Waals surface area contributed by atoms with Crippen molar-refractivity contribution in [3.8, 4) is 0 Å². The minimum Gasteiger partial charge on any atom is -0.466 e. The zero-order valence-electron chi connectivity index (χ0n) is 21.1. The molecule has 36 heavy (non-hydrogen) atoms. The first-order valence-corrected chi connectivity index (χ1v) is 12.7. The highest BCUT2D eigenvalue weighted by atomic mass is 16.7. The van der Waals surface area contributed by atoms with Gasteiger partial charge in [0, 0.05) is 53.8 Å². The van der Waals surface area contributed by atoms with E-state index in [-0.39, 0.29) is 24.4 Å². The number of carbonyl (C=O) groups excluding carboxylic acids is 2. The Balaban J connectivity index is 1.46. The number of rotatable bonds is 7. The van der Waals surface area contributed by atoms with Gasteiger partial charge in [0.1, 0.15) is 0 Å². The molecule has 1 aromatic heterocycles. The molecule has 3 atom stereocenters. The van der Waals surface area contributed by atoms with Gasteiger partial charge in [-0.15, -0.1) is 0 Å². The van der Waals surface area contributed by atoms with Gasteiger partial charge in [-0.25, -0.2) is 9.59 Å². The summed E-state index contributed by atoms with van der Waals surface area (Å²) < 4.78 is 22.5. The predicted octanol–water partition coefficient (Wildman–Crippen LogP) is 3.59. The number of hydrogen-bond acceptors (Lipinski definition) is 7. The molecule has 1 aromatic carbocycles. The van der Waals surface area contributed by atoms with Gasteiger partial charge < -0.3 is 28.8 Å². The summed E-state index contributed by atoms with van der Waals surface area (Å²) in [6.45, 7) is 6.47. The van der Waals surface area contributed by atoms with E-state index >= 15 is 0 Å². The van der Waals surface area contributed by atoms with Gasteiger partial charge in [-0.2, -0.15) is 0 Å². The summed E-state index contributed by atoms with van der Waals surface area (Å²) in [5.74, 6) is -2.14. The summed E-state index contributed by atoms with van der Waals surface area (Å²) in [6, 6.07) is 8.25. The first-order chi connectivity index (χ1) is 17.4. The van der Waals surface area contributed by atoms with E-state index in [2.05, 4.69) is 28.2 Å². The van der Waals surface area contributed by atoms with Gasteiger partial charge in [-0.1, -0.05) is 24.3 Å². The summed E-state index contributed by atoms with van der Waals surface area (Å²) in [5, 5.41) is 1.21. The maximum atomic E-state index is 13.1. The topological polar surface area (TPSA) is 90.1 Å². The zero-order chi connectivity index (χ0) is 25.3. The van der Waals surface area contributed by atoms with Crippen molar-refractivity contribution in [2.45, 2.75) is 32.5 Å². The van der Waals surface area contributed by atoms with Crippen LogP contribution in [-0.2, 0) is 35.0 Å². The van der Waals surface area contributed by atoms with Crippen LogP contribution >= 0.6 is 0 Å². The SMILES string of the molecule is CCOC(=O)C1=CN(CCc2c[nH]c3ccccc23)C[C@H]2C[C@H](C3(C)OCCO3)C=C(C(=O)OC)[C@@H]12. The summed E-state index contributed by atoms with van der Waals surface area (Å²) in [7, 11) is 1.37. The number of nitrogens with zero attached hydrogens (tertiary/aromatic N) is 1. The van der Waals surface area contributed by atoms with Crippen molar-refractivity contribution >= 4 is 22.8 Å². The van der Waals surface area contributed by atoms with E-state index in [1.807, 2.05) is 31.3 Å². The molecule has 1 aliphatic carbocycles. The Morgan fingerprint density at radius 3 is 2.69 bits per heavy atom. The van der Waals surface area contributed by atoms with E-state index in [1.165, 1.54) is 18.1 Å². The average molecular weight is 495 g/mol. The van der Waals surface area contributed by atoms with Crippen LogP contribution in [0.5, 0.6) is 0 Å². The van der Waals surface area contributed by atoms with Crippen LogP contribution in [0.2, 0.25) is 0 Å². The van der Waals surface area contributed by atoms with Gasteiger partial charge in [0.25, 0.3) is 0 Å². The Hall–Kier alpha value is -3.10. The second kappa shape index (κ2) is 10.1. The van der Waals surface area contributed by atoms with Crippen LogP contribution in [-0.4, -0.2) is 67.6 Å². The molecular formula is C28H34N2O6. The number of H-pyrrole nitrogens is 1. The molecule has 0 radical (unpaired) electrons. The number of benzene rings is 1. The molecule has 0 saturated carbocycles. The van der Waals surface area contributed by atoms with Gasteiger partial charge in [-0.3, -0.25) is 0 Å². The minimum absolute atomic E-state index is 0.00565. The molecule has 192 valence electrons. The Morgan fingerprint density at radius 1 is 1.17 bits per heavy atom. The van der Waals surface area contributed by atoms with Gasteiger partial charge in [-0.05, 0) is 44.2 Å². The highest BCUT2D eigenvalue weighted by Gasteiger charge is 2.49. The van der Waals surface area contributed by atoms with Crippen molar-refractivity contribution in [1.29, 1.82) is 0 Å². The number of ether oxygens (including phenoxy) is 4. The molecule has 1 saturated heterocycles. The average Bonchev–Trinajstić information content (AvgIpc) is 3.53. The third-order valence-electron chi connectivity index (χ3n) is 7.68. The van der Waals surface area contributed by atoms with Crippen LogP contribution in [0.3, 0.4) is 0 Å². The molecule has 3 heterocycles. The van der Waals surface area contributed by atoms with Crippen molar-refractivity contribution in [3.63, 3.8) is 0 Å². The van der Waals surface area contributed by atoms with E-state index in [9.17, 15) is 9.59 Å². The van der Waals surface area contributed by atoms with Crippen molar-refractivity contribution in [1.82, 2.24) is 9.88 Å². The molecule has 5 rings (SSSR count). The molecular weight excluding hydrogens is 460 g/mol. The molecule has 1 N–H and O–H groups in total. The third kappa shape index (κ3) is 4.55. The Morgan fingerprint density at radius 2 is 1.94 bits per heavy atom. The smallest absolute Gasteiger partial charge is 0.336 e. The number of aromatic nitrogens is 1. The van der Waals surface area contributed by atoms with Crippen LogP contribution in [0.1, 0.15) is 25.8 Å². The van der Waals surface area contributed by atoms with E-state index in [0.29, 0.717) is 30.9 Å². The number of esters is 2. The van der Waals surface area contributed by atoms with Crippen molar-refractivity contribution in [3.05, 3.63) is 59.4 Å². The normalized spacial score (nSPS) is 25.2. The summed E-state index contributed by atoms with van der Waals surface area (Å²) in [6.07, 6.45) is 7.38. The molecule has 1 fully saturated rings. The number of para-hydroxylation sites is 1. The largest absolute Gasteiger partial charge is 0.466 e. The van der Waals surface area contributed by atoms with Crippen LogP contribution < -0.4 is 0 Å². The fourth-order valence-corrected chi connectivity index (χ4v) is 5.91. The lowest BCUT2D eigenvalue weighted by Gasteiger charge is -2.45. The molecule has 2 aromatic rings. The number of methoxy groups -OCH3 is 1. The fraction of sp³-hybridized carbons (Fsp3) is 0.500. The van der Waals surface area contributed by atoms with Gasteiger partial charge in [0.15, 0.2) is 5.79 Å². The molecule has 8 nitrogen and oxygen atoms in total. The quantitative estimate of drug-likeness (QED) is 0.589. The van der Waals surface area contributed by atoms with Crippen LogP contribution in [0.4, 0.5) is 0 Å². The maximum absolute atomic E-state index is 13.1. The first-order valence-electron chi connectivity index (χ1n) is 12.7. The molecule has 0 unspecified atom stereocenters. The fourth-order valence-electron chi connectivity index (χ4n) is 5.91. The van der Waals surface area contributed by atoms with Crippen LogP contribution in [0.25, 0.3) is 10.9 Å². The highest BCUT2D eigenvalue weighted by Crippen LogP contribution is 2.46. The summed E-state index contributed by atoms with van der Waals surface area (Å²) in [5.41, 5.74) is 3.33. The van der Waals surface area contributed by atoms with E-state index < -0.39 is 17.7 Å². The zero-order valence-corrected chi connectivity index (χ0v) is 21.1. The molecule has 0 spiro atoms. The molecule has 0 bridgehead atoms. The molecule has 2 aliphatic heterocycles. The second-order valence-electron chi connectivity index (χ2n) is 9.82. The standard InChI is InChI=1S/C28H34N2O6/c1-4-34-27(32)23-17-30(10-9-18-15-29-24-8-6-5-7-21(18)24)16-19-13-20(28(2)35-11-12-36-28)14-22(25(19)23)26(31)33-3/h5-8,14-15,17,19-20,25,29H,4,9-13,16H2,1-3H3/t19-,20+,25+/m1/s1. The van der Waals surface area contributed by atoms with Crippen molar-refractivity contribution in [2.75, 3.05) is 40.0 Å². The number of nitrogens with one attached hydrogen (secondary N) is 1. The lowest BCUT2D eigenvalue weighted by Crippen LogP contribution is -2.47. The van der Waals surface area contributed by atoms with Crippen molar-refractivity contribution in [2.24, 2.45) is 17.8 Å². The number of aromatic amines is 1. The van der Waals surface area contributed by atoms with E-state index in [1.54, 1.807) is 6.92 Å². The first kappa shape index (κ1) is 24.6. The lowest BCUT2D eigenvalue weighted by molar-refractivity contribution is -0.176. The minimum atomic E-state index is -0.801. The van der Waals surface area contributed by atoms with Gasteiger partial charge >= 0.3 is 11.9 Å². The maximum Gasteiger partial charge on any atom is 0.336 e. The Bertz CT molecular complexity index is 1190. The summed E-state index contributed by atoms with van der Waals surface area (Å²) >= 11 is 0. The highest BCUT2D eigenvalue weighted by molar-refractivity contribution is 5.96.